The van der Waals surface area contributed by atoms with Crippen molar-refractivity contribution in [2.45, 2.75) is 57.5 Å². The van der Waals surface area contributed by atoms with Crippen LogP contribution in [0.1, 0.15) is 50.5 Å². The summed E-state index contributed by atoms with van der Waals surface area (Å²) in [5.41, 5.74) is -0.493. The Morgan fingerprint density at radius 3 is 2.43 bits per heavy atom. The molecule has 0 aromatic heterocycles. The second-order valence-corrected chi connectivity index (χ2v) is 6.66. The summed E-state index contributed by atoms with van der Waals surface area (Å²) in [4.78, 5) is 24.9. The van der Waals surface area contributed by atoms with E-state index in [1.54, 1.807) is 18.2 Å². The van der Waals surface area contributed by atoms with Crippen molar-refractivity contribution in [3.8, 4) is 0 Å². The van der Waals surface area contributed by atoms with E-state index in [1.165, 1.54) is 12.5 Å². The van der Waals surface area contributed by atoms with E-state index in [0.29, 0.717) is 18.4 Å². The monoisotopic (exact) mass is 318 g/mol. The molecule has 2 aliphatic carbocycles. The Hall–Kier alpha value is -1.91. The average molecular weight is 318 g/mol. The molecule has 0 bridgehead atoms. The molecule has 0 radical (unpaired) electrons. The maximum Gasteiger partial charge on any atom is 0.235 e. The van der Waals surface area contributed by atoms with Crippen molar-refractivity contribution in [3.05, 3.63) is 35.6 Å². The Labute approximate surface area is 135 Å². The van der Waals surface area contributed by atoms with Gasteiger partial charge in [0.2, 0.25) is 11.8 Å². The standard InChI is InChI=1S/C18H23FN2O2/c19-15-9-5-4-6-13(15)12-20-16(22)18(10-11-18)17(23)21-14-7-2-1-3-8-14/h4-6,9,14H,1-3,7-8,10-12H2,(H,20,22)(H,21,23). The van der Waals surface area contributed by atoms with E-state index >= 15 is 0 Å². The summed E-state index contributed by atoms with van der Waals surface area (Å²) in [6.45, 7) is 0.115. The molecule has 0 unspecified atom stereocenters. The lowest BCUT2D eigenvalue weighted by Gasteiger charge is -2.25. The maximum atomic E-state index is 13.6. The third-order valence-corrected chi connectivity index (χ3v) is 4.96. The molecule has 2 aliphatic rings. The fourth-order valence-corrected chi connectivity index (χ4v) is 3.24. The largest absolute Gasteiger partial charge is 0.352 e. The molecule has 0 aliphatic heterocycles. The molecule has 0 saturated heterocycles. The number of benzene rings is 1. The van der Waals surface area contributed by atoms with E-state index in [0.717, 1.165) is 25.7 Å². The van der Waals surface area contributed by atoms with Crippen LogP contribution in [-0.4, -0.2) is 17.9 Å². The first kappa shape index (κ1) is 16.0. The van der Waals surface area contributed by atoms with Gasteiger partial charge >= 0.3 is 0 Å². The van der Waals surface area contributed by atoms with Crippen LogP contribution in [0, 0.1) is 11.2 Å². The summed E-state index contributed by atoms with van der Waals surface area (Å²) in [5, 5.41) is 5.76. The second kappa shape index (κ2) is 6.69. The summed E-state index contributed by atoms with van der Waals surface area (Å²) >= 11 is 0. The average Bonchev–Trinajstić information content (AvgIpc) is 3.37. The Morgan fingerprint density at radius 2 is 1.78 bits per heavy atom. The number of amides is 2. The third kappa shape index (κ3) is 3.54. The van der Waals surface area contributed by atoms with E-state index in [4.69, 9.17) is 0 Å². The first-order valence-corrected chi connectivity index (χ1v) is 8.44. The molecule has 23 heavy (non-hydrogen) atoms. The minimum absolute atomic E-state index is 0.115. The molecule has 1 aromatic carbocycles. The minimum Gasteiger partial charge on any atom is -0.352 e. The van der Waals surface area contributed by atoms with Crippen LogP contribution in [0.15, 0.2) is 24.3 Å². The van der Waals surface area contributed by atoms with Crippen molar-refractivity contribution in [2.75, 3.05) is 0 Å². The van der Waals surface area contributed by atoms with Gasteiger partial charge in [0.05, 0.1) is 0 Å². The number of nitrogens with one attached hydrogen (secondary N) is 2. The predicted octanol–water partition coefficient (Wildman–Crippen LogP) is 2.67. The molecular weight excluding hydrogens is 295 g/mol. The van der Waals surface area contributed by atoms with E-state index < -0.39 is 5.41 Å². The van der Waals surface area contributed by atoms with Gasteiger partial charge in [0.15, 0.2) is 0 Å². The predicted molar refractivity (Wildman–Crippen MR) is 84.9 cm³/mol. The summed E-state index contributed by atoms with van der Waals surface area (Å²) in [7, 11) is 0. The van der Waals surface area contributed by atoms with Gasteiger partial charge in [-0.1, -0.05) is 37.5 Å². The lowest BCUT2D eigenvalue weighted by atomic mass is 9.94. The summed E-state index contributed by atoms with van der Waals surface area (Å²) in [6, 6.07) is 6.54. The van der Waals surface area contributed by atoms with Gasteiger partial charge in [-0.05, 0) is 31.7 Å². The Bertz CT molecular complexity index is 592. The molecule has 2 saturated carbocycles. The molecule has 3 rings (SSSR count). The number of carbonyl (C=O) groups is 2. The molecule has 0 spiro atoms. The topological polar surface area (TPSA) is 58.2 Å². The van der Waals surface area contributed by atoms with E-state index in [-0.39, 0.29) is 30.2 Å². The van der Waals surface area contributed by atoms with Gasteiger partial charge in [-0.15, -0.1) is 0 Å². The number of rotatable bonds is 5. The molecule has 0 heterocycles. The van der Waals surface area contributed by atoms with Gasteiger partial charge in [-0.3, -0.25) is 9.59 Å². The number of halogens is 1. The maximum absolute atomic E-state index is 13.6. The Morgan fingerprint density at radius 1 is 1.09 bits per heavy atom. The van der Waals surface area contributed by atoms with Crippen LogP contribution in [0.4, 0.5) is 4.39 Å². The van der Waals surface area contributed by atoms with Gasteiger partial charge in [0.25, 0.3) is 0 Å². The first-order valence-electron chi connectivity index (χ1n) is 8.44. The lowest BCUT2D eigenvalue weighted by molar-refractivity contribution is -0.137. The normalized spacial score (nSPS) is 19.9. The molecule has 4 nitrogen and oxygen atoms in total. The lowest BCUT2D eigenvalue weighted by Crippen LogP contribution is -2.46. The number of hydrogen-bond donors (Lipinski definition) is 2. The highest BCUT2D eigenvalue weighted by Gasteiger charge is 2.56. The summed E-state index contributed by atoms with van der Waals surface area (Å²) < 4.78 is 13.6. The molecule has 2 fully saturated rings. The molecular formula is C18H23FN2O2. The molecule has 2 amide bonds. The molecule has 0 atom stereocenters. The van der Waals surface area contributed by atoms with Crippen molar-refractivity contribution >= 4 is 11.8 Å². The van der Waals surface area contributed by atoms with Crippen molar-refractivity contribution in [3.63, 3.8) is 0 Å². The second-order valence-electron chi connectivity index (χ2n) is 6.66. The Balaban J connectivity index is 1.55. The zero-order valence-corrected chi connectivity index (χ0v) is 13.2. The van der Waals surface area contributed by atoms with Gasteiger partial charge in [-0.2, -0.15) is 0 Å². The number of carbonyl (C=O) groups excluding carboxylic acids is 2. The van der Waals surface area contributed by atoms with Crippen molar-refractivity contribution in [1.29, 1.82) is 0 Å². The summed E-state index contributed by atoms with van der Waals surface area (Å²) in [5.74, 6) is -0.784. The first-order chi connectivity index (χ1) is 11.1. The molecule has 124 valence electrons. The van der Waals surface area contributed by atoms with Crippen LogP contribution >= 0.6 is 0 Å². The fraction of sp³-hybridized carbons (Fsp3) is 0.556. The van der Waals surface area contributed by atoms with Crippen LogP contribution in [-0.2, 0) is 16.1 Å². The zero-order chi connectivity index (χ0) is 16.3. The van der Waals surface area contributed by atoms with Crippen LogP contribution < -0.4 is 10.6 Å². The van der Waals surface area contributed by atoms with Gasteiger partial charge < -0.3 is 10.6 Å². The van der Waals surface area contributed by atoms with Crippen molar-refractivity contribution in [1.82, 2.24) is 10.6 Å². The van der Waals surface area contributed by atoms with Crippen molar-refractivity contribution < 1.29 is 14.0 Å². The highest BCUT2D eigenvalue weighted by molar-refractivity contribution is 6.07. The van der Waals surface area contributed by atoms with E-state index in [9.17, 15) is 14.0 Å². The smallest absolute Gasteiger partial charge is 0.235 e. The fourth-order valence-electron chi connectivity index (χ4n) is 3.24. The van der Waals surface area contributed by atoms with Crippen LogP contribution in [0.25, 0.3) is 0 Å². The highest BCUT2D eigenvalue weighted by atomic mass is 19.1. The summed E-state index contributed by atoms with van der Waals surface area (Å²) in [6.07, 6.45) is 6.65. The SMILES string of the molecule is O=C(NCc1ccccc1F)C1(C(=O)NC2CCCCC2)CC1. The zero-order valence-electron chi connectivity index (χ0n) is 13.2. The molecule has 2 N–H and O–H groups in total. The third-order valence-electron chi connectivity index (χ3n) is 4.96. The van der Waals surface area contributed by atoms with E-state index in [1.807, 2.05) is 0 Å². The van der Waals surface area contributed by atoms with E-state index in [2.05, 4.69) is 10.6 Å². The molecule has 5 heteroatoms. The Kier molecular flexibility index (Phi) is 4.64. The van der Waals surface area contributed by atoms with Gasteiger partial charge in [-0.25, -0.2) is 4.39 Å². The number of hydrogen-bond acceptors (Lipinski definition) is 2. The van der Waals surface area contributed by atoms with Crippen LogP contribution in [0.5, 0.6) is 0 Å². The highest BCUT2D eigenvalue weighted by Crippen LogP contribution is 2.46. The quantitative estimate of drug-likeness (QED) is 0.820. The van der Waals surface area contributed by atoms with Crippen molar-refractivity contribution in [2.24, 2.45) is 5.41 Å². The molecule has 1 aromatic rings. The van der Waals surface area contributed by atoms with Crippen LogP contribution in [0.3, 0.4) is 0 Å². The minimum atomic E-state index is -0.928. The van der Waals surface area contributed by atoms with Gasteiger partial charge in [0, 0.05) is 18.2 Å². The van der Waals surface area contributed by atoms with Gasteiger partial charge in [0.1, 0.15) is 11.2 Å². The van der Waals surface area contributed by atoms with Crippen LogP contribution in [0.2, 0.25) is 0 Å².